The molecule has 0 spiro atoms. The number of benzene rings is 1. The van der Waals surface area contributed by atoms with Crippen LogP contribution in [0.4, 0.5) is 0 Å². The summed E-state index contributed by atoms with van der Waals surface area (Å²) in [5, 5.41) is 13.1. The number of thiol groups is 1. The average molecular weight is 209 g/mol. The monoisotopic (exact) mass is 209 g/mol. The van der Waals surface area contributed by atoms with Gasteiger partial charge in [0.2, 0.25) is 0 Å². The van der Waals surface area contributed by atoms with E-state index in [0.717, 1.165) is 36.4 Å². The minimum Gasteiger partial charge on any atom is -0.508 e. The van der Waals surface area contributed by atoms with E-state index in [1.807, 2.05) is 12.1 Å². The van der Waals surface area contributed by atoms with Gasteiger partial charge in [0.05, 0.1) is 0 Å². The number of rotatable bonds is 1. The Morgan fingerprint density at radius 2 is 2.00 bits per heavy atom. The minimum absolute atomic E-state index is 0.393. The molecule has 0 aliphatic carbocycles. The molecule has 1 aromatic carbocycles. The molecule has 0 radical (unpaired) electrons. The highest BCUT2D eigenvalue weighted by molar-refractivity contribution is 7.80. The second-order valence-corrected chi connectivity index (χ2v) is 4.28. The molecule has 1 aliphatic rings. The molecule has 0 saturated carbocycles. The lowest BCUT2D eigenvalue weighted by atomic mass is 9.90. The van der Waals surface area contributed by atoms with E-state index in [1.54, 1.807) is 6.07 Å². The predicted molar refractivity (Wildman–Crippen MR) is 60.2 cm³/mol. The standard InChI is InChI=1S/C11H15NOS/c13-11-7-9(14)1-2-10(11)8-3-5-12-6-4-8/h1-2,7-8,12-14H,3-6H2. The van der Waals surface area contributed by atoms with Crippen LogP contribution in [-0.2, 0) is 0 Å². The Kier molecular flexibility index (Phi) is 2.99. The van der Waals surface area contributed by atoms with Gasteiger partial charge in [-0.15, -0.1) is 12.6 Å². The summed E-state index contributed by atoms with van der Waals surface area (Å²) in [4.78, 5) is 0.820. The molecule has 2 N–H and O–H groups in total. The summed E-state index contributed by atoms with van der Waals surface area (Å²) in [7, 11) is 0. The van der Waals surface area contributed by atoms with Crippen LogP contribution in [0.15, 0.2) is 23.1 Å². The number of nitrogens with one attached hydrogen (secondary N) is 1. The zero-order chi connectivity index (χ0) is 9.97. The van der Waals surface area contributed by atoms with Crippen LogP contribution in [0, 0.1) is 0 Å². The molecular weight excluding hydrogens is 194 g/mol. The second kappa shape index (κ2) is 4.24. The first kappa shape index (κ1) is 9.87. The lowest BCUT2D eigenvalue weighted by Crippen LogP contribution is -2.26. The van der Waals surface area contributed by atoms with Crippen LogP contribution >= 0.6 is 12.6 Å². The van der Waals surface area contributed by atoms with Crippen LogP contribution in [0.25, 0.3) is 0 Å². The van der Waals surface area contributed by atoms with Crippen molar-refractivity contribution < 1.29 is 5.11 Å². The maximum absolute atomic E-state index is 9.77. The van der Waals surface area contributed by atoms with E-state index in [0.29, 0.717) is 11.7 Å². The Balaban J connectivity index is 2.22. The van der Waals surface area contributed by atoms with Crippen molar-refractivity contribution >= 4 is 12.6 Å². The van der Waals surface area contributed by atoms with Gasteiger partial charge < -0.3 is 10.4 Å². The number of piperidine rings is 1. The van der Waals surface area contributed by atoms with Gasteiger partial charge in [-0.3, -0.25) is 0 Å². The van der Waals surface area contributed by atoms with Gasteiger partial charge in [-0.05, 0) is 49.5 Å². The number of phenolic OH excluding ortho intramolecular Hbond substituents is 1. The molecule has 0 amide bonds. The first-order valence-corrected chi connectivity index (χ1v) is 5.44. The summed E-state index contributed by atoms with van der Waals surface area (Å²) in [6.45, 7) is 2.10. The lowest BCUT2D eigenvalue weighted by Gasteiger charge is -2.23. The summed E-state index contributed by atoms with van der Waals surface area (Å²) in [6, 6.07) is 5.66. The van der Waals surface area contributed by atoms with Crippen molar-refractivity contribution in [2.45, 2.75) is 23.7 Å². The van der Waals surface area contributed by atoms with E-state index in [4.69, 9.17) is 0 Å². The molecule has 2 rings (SSSR count). The van der Waals surface area contributed by atoms with Crippen molar-refractivity contribution in [2.75, 3.05) is 13.1 Å². The predicted octanol–water partition coefficient (Wildman–Crippen LogP) is 2.15. The van der Waals surface area contributed by atoms with E-state index in [-0.39, 0.29) is 0 Å². The van der Waals surface area contributed by atoms with Crippen LogP contribution < -0.4 is 5.32 Å². The number of hydrogen-bond donors (Lipinski definition) is 3. The van der Waals surface area contributed by atoms with Gasteiger partial charge in [0.1, 0.15) is 5.75 Å². The van der Waals surface area contributed by atoms with Gasteiger partial charge in [-0.2, -0.15) is 0 Å². The molecule has 0 unspecified atom stereocenters. The van der Waals surface area contributed by atoms with E-state index >= 15 is 0 Å². The Bertz CT molecular complexity index is 321. The quantitative estimate of drug-likeness (QED) is 0.619. The lowest BCUT2D eigenvalue weighted by molar-refractivity contribution is 0.423. The van der Waals surface area contributed by atoms with E-state index < -0.39 is 0 Å². The first-order valence-electron chi connectivity index (χ1n) is 5.00. The molecular formula is C11H15NOS. The normalized spacial score (nSPS) is 18.4. The molecule has 0 bridgehead atoms. The molecule has 1 fully saturated rings. The van der Waals surface area contributed by atoms with Gasteiger partial charge in [0.15, 0.2) is 0 Å². The molecule has 2 nitrogen and oxygen atoms in total. The van der Waals surface area contributed by atoms with Crippen molar-refractivity contribution in [3.8, 4) is 5.75 Å². The van der Waals surface area contributed by atoms with Crippen molar-refractivity contribution in [3.05, 3.63) is 23.8 Å². The Labute approximate surface area is 89.7 Å². The van der Waals surface area contributed by atoms with Gasteiger partial charge in [0.25, 0.3) is 0 Å². The van der Waals surface area contributed by atoms with Crippen LogP contribution in [0.2, 0.25) is 0 Å². The molecule has 1 heterocycles. The average Bonchev–Trinajstić information content (AvgIpc) is 2.19. The van der Waals surface area contributed by atoms with E-state index in [9.17, 15) is 5.11 Å². The molecule has 1 aliphatic heterocycles. The van der Waals surface area contributed by atoms with Crippen molar-refractivity contribution in [3.63, 3.8) is 0 Å². The van der Waals surface area contributed by atoms with E-state index in [2.05, 4.69) is 17.9 Å². The zero-order valence-electron chi connectivity index (χ0n) is 8.03. The van der Waals surface area contributed by atoms with Gasteiger partial charge >= 0.3 is 0 Å². The molecule has 1 aromatic rings. The fourth-order valence-electron chi connectivity index (χ4n) is 2.01. The maximum atomic E-state index is 9.77. The highest BCUT2D eigenvalue weighted by atomic mass is 32.1. The number of aromatic hydroxyl groups is 1. The van der Waals surface area contributed by atoms with Gasteiger partial charge in [0, 0.05) is 4.90 Å². The zero-order valence-corrected chi connectivity index (χ0v) is 8.93. The van der Waals surface area contributed by atoms with Crippen LogP contribution in [0.3, 0.4) is 0 Å². The SMILES string of the molecule is Oc1cc(S)ccc1C1CCNCC1. The first-order chi connectivity index (χ1) is 6.77. The fourth-order valence-corrected chi connectivity index (χ4v) is 2.21. The largest absolute Gasteiger partial charge is 0.508 e. The van der Waals surface area contributed by atoms with Crippen LogP contribution in [-0.4, -0.2) is 18.2 Å². The second-order valence-electron chi connectivity index (χ2n) is 3.77. The topological polar surface area (TPSA) is 32.3 Å². The summed E-state index contributed by atoms with van der Waals surface area (Å²) < 4.78 is 0. The van der Waals surface area contributed by atoms with Crippen molar-refractivity contribution in [1.82, 2.24) is 5.32 Å². The maximum Gasteiger partial charge on any atom is 0.120 e. The number of hydrogen-bond acceptors (Lipinski definition) is 3. The number of phenols is 1. The summed E-state index contributed by atoms with van der Waals surface area (Å²) in [5.74, 6) is 0.898. The molecule has 0 aromatic heterocycles. The summed E-state index contributed by atoms with van der Waals surface area (Å²) >= 11 is 4.19. The Hall–Kier alpha value is -0.670. The minimum atomic E-state index is 0.393. The molecule has 14 heavy (non-hydrogen) atoms. The Morgan fingerprint density at radius 1 is 1.29 bits per heavy atom. The third-order valence-electron chi connectivity index (χ3n) is 2.79. The van der Waals surface area contributed by atoms with Crippen molar-refractivity contribution in [2.24, 2.45) is 0 Å². The highest BCUT2D eigenvalue weighted by Crippen LogP contribution is 2.33. The molecule has 76 valence electrons. The summed E-state index contributed by atoms with van der Waals surface area (Å²) in [6.07, 6.45) is 2.22. The summed E-state index contributed by atoms with van der Waals surface area (Å²) in [5.41, 5.74) is 1.07. The van der Waals surface area contributed by atoms with E-state index in [1.165, 1.54) is 0 Å². The van der Waals surface area contributed by atoms with Crippen LogP contribution in [0.1, 0.15) is 24.3 Å². The molecule has 3 heteroatoms. The third kappa shape index (κ3) is 2.04. The van der Waals surface area contributed by atoms with Gasteiger partial charge in [-0.25, -0.2) is 0 Å². The third-order valence-corrected chi connectivity index (χ3v) is 3.07. The fraction of sp³-hybridized carbons (Fsp3) is 0.455. The molecule has 1 saturated heterocycles. The smallest absolute Gasteiger partial charge is 0.120 e. The van der Waals surface area contributed by atoms with Crippen molar-refractivity contribution in [1.29, 1.82) is 0 Å². The van der Waals surface area contributed by atoms with Crippen LogP contribution in [0.5, 0.6) is 5.75 Å². The molecule has 0 atom stereocenters. The highest BCUT2D eigenvalue weighted by Gasteiger charge is 2.17. The Morgan fingerprint density at radius 3 is 2.64 bits per heavy atom. The van der Waals surface area contributed by atoms with Gasteiger partial charge in [-0.1, -0.05) is 6.07 Å².